The summed E-state index contributed by atoms with van der Waals surface area (Å²) >= 11 is 0. The van der Waals surface area contributed by atoms with E-state index in [1.807, 2.05) is 14.1 Å². The molecule has 4 nitrogen and oxygen atoms in total. The van der Waals surface area contributed by atoms with Crippen LogP contribution < -0.4 is 11.3 Å². The van der Waals surface area contributed by atoms with Crippen LogP contribution in [0.25, 0.3) is 0 Å². The van der Waals surface area contributed by atoms with Crippen LogP contribution >= 0.6 is 0 Å². The van der Waals surface area contributed by atoms with Crippen molar-refractivity contribution in [3.05, 3.63) is 0 Å². The molecule has 0 aliphatic carbocycles. The Kier molecular flexibility index (Phi) is 4.70. The molecule has 0 bridgehead atoms. The standard InChI is InChI=1S/C8H21N3O/c1-8(2,11(3)4)7(10-9)6-12-5/h7,10H,6,9H2,1-5H3. The van der Waals surface area contributed by atoms with E-state index in [-0.39, 0.29) is 11.6 Å². The van der Waals surface area contributed by atoms with Gasteiger partial charge in [0.05, 0.1) is 12.6 Å². The summed E-state index contributed by atoms with van der Waals surface area (Å²) < 4.78 is 5.06. The van der Waals surface area contributed by atoms with E-state index in [0.717, 1.165) is 0 Å². The van der Waals surface area contributed by atoms with Gasteiger partial charge in [-0.2, -0.15) is 0 Å². The summed E-state index contributed by atoms with van der Waals surface area (Å²) in [7, 11) is 5.73. The summed E-state index contributed by atoms with van der Waals surface area (Å²) in [5.41, 5.74) is 2.75. The second-order valence-corrected chi connectivity index (χ2v) is 3.72. The molecule has 0 aliphatic rings. The zero-order valence-electron chi connectivity index (χ0n) is 8.72. The summed E-state index contributed by atoms with van der Waals surface area (Å²) in [6.07, 6.45) is 0. The number of nitrogens with zero attached hydrogens (tertiary/aromatic N) is 1. The molecular weight excluding hydrogens is 154 g/mol. The van der Waals surface area contributed by atoms with Gasteiger partial charge >= 0.3 is 0 Å². The molecule has 0 heterocycles. The van der Waals surface area contributed by atoms with E-state index in [4.69, 9.17) is 10.6 Å². The maximum Gasteiger partial charge on any atom is 0.0647 e. The Bertz CT molecular complexity index is 125. The minimum Gasteiger partial charge on any atom is -0.383 e. The lowest BCUT2D eigenvalue weighted by molar-refractivity contribution is 0.0719. The number of nitrogens with one attached hydrogen (secondary N) is 1. The average molecular weight is 175 g/mol. The molecular formula is C8H21N3O. The third-order valence-corrected chi connectivity index (χ3v) is 2.54. The first-order valence-corrected chi connectivity index (χ1v) is 4.09. The Balaban J connectivity index is 4.25. The highest BCUT2D eigenvalue weighted by Crippen LogP contribution is 2.15. The van der Waals surface area contributed by atoms with Gasteiger partial charge in [-0.05, 0) is 27.9 Å². The Hall–Kier alpha value is -0.160. The molecule has 0 amide bonds. The van der Waals surface area contributed by atoms with E-state index >= 15 is 0 Å². The summed E-state index contributed by atoms with van der Waals surface area (Å²) in [6, 6.07) is 0.137. The van der Waals surface area contributed by atoms with Crippen LogP contribution in [0, 0.1) is 0 Å². The van der Waals surface area contributed by atoms with E-state index < -0.39 is 0 Å². The molecule has 4 heteroatoms. The number of rotatable bonds is 5. The van der Waals surface area contributed by atoms with Crippen molar-refractivity contribution < 1.29 is 4.74 Å². The van der Waals surface area contributed by atoms with E-state index in [2.05, 4.69) is 24.2 Å². The fraction of sp³-hybridized carbons (Fsp3) is 1.00. The molecule has 0 rings (SSSR count). The number of ether oxygens (including phenoxy) is 1. The van der Waals surface area contributed by atoms with Gasteiger partial charge < -0.3 is 9.64 Å². The van der Waals surface area contributed by atoms with Gasteiger partial charge in [-0.15, -0.1) is 0 Å². The first-order valence-electron chi connectivity index (χ1n) is 4.09. The number of hydrazine groups is 1. The summed E-state index contributed by atoms with van der Waals surface area (Å²) in [5.74, 6) is 5.43. The Morgan fingerprint density at radius 1 is 1.50 bits per heavy atom. The van der Waals surface area contributed by atoms with Crippen LogP contribution in [0.15, 0.2) is 0 Å². The molecule has 0 fully saturated rings. The van der Waals surface area contributed by atoms with Crippen LogP contribution in [0.2, 0.25) is 0 Å². The number of nitrogens with two attached hydrogens (primary N) is 1. The van der Waals surface area contributed by atoms with Crippen LogP contribution in [0.5, 0.6) is 0 Å². The lowest BCUT2D eigenvalue weighted by Crippen LogP contribution is -2.59. The smallest absolute Gasteiger partial charge is 0.0647 e. The second-order valence-electron chi connectivity index (χ2n) is 3.72. The van der Waals surface area contributed by atoms with Crippen molar-refractivity contribution in [2.45, 2.75) is 25.4 Å². The Morgan fingerprint density at radius 3 is 2.25 bits per heavy atom. The van der Waals surface area contributed by atoms with Gasteiger partial charge in [0.1, 0.15) is 0 Å². The average Bonchev–Trinajstić information content (AvgIpc) is 1.99. The van der Waals surface area contributed by atoms with Crippen LogP contribution in [-0.4, -0.2) is 44.3 Å². The molecule has 0 aromatic carbocycles. The van der Waals surface area contributed by atoms with Gasteiger partial charge in [-0.1, -0.05) is 0 Å². The van der Waals surface area contributed by atoms with Crippen molar-refractivity contribution in [1.82, 2.24) is 10.3 Å². The zero-order chi connectivity index (χ0) is 9.78. The maximum atomic E-state index is 5.43. The molecule has 0 radical (unpaired) electrons. The highest BCUT2D eigenvalue weighted by molar-refractivity contribution is 4.89. The molecule has 0 spiro atoms. The third kappa shape index (κ3) is 2.71. The molecule has 1 atom stereocenters. The van der Waals surface area contributed by atoms with Crippen molar-refractivity contribution >= 4 is 0 Å². The normalized spacial score (nSPS) is 15.2. The fourth-order valence-electron chi connectivity index (χ4n) is 0.934. The van der Waals surface area contributed by atoms with Crippen molar-refractivity contribution in [2.75, 3.05) is 27.8 Å². The van der Waals surface area contributed by atoms with Crippen LogP contribution in [0.1, 0.15) is 13.8 Å². The molecule has 0 saturated carbocycles. The SMILES string of the molecule is COCC(NN)C(C)(C)N(C)C. The van der Waals surface area contributed by atoms with E-state index in [1.165, 1.54) is 0 Å². The quantitative estimate of drug-likeness (QED) is 0.449. The number of hydrogen-bond donors (Lipinski definition) is 2. The van der Waals surface area contributed by atoms with Crippen molar-refractivity contribution in [2.24, 2.45) is 5.84 Å². The van der Waals surface area contributed by atoms with Gasteiger partial charge in [0.2, 0.25) is 0 Å². The molecule has 0 aromatic rings. The fourth-order valence-corrected chi connectivity index (χ4v) is 0.934. The number of hydrogen-bond acceptors (Lipinski definition) is 4. The lowest BCUT2D eigenvalue weighted by Gasteiger charge is -2.39. The van der Waals surface area contributed by atoms with E-state index in [1.54, 1.807) is 7.11 Å². The van der Waals surface area contributed by atoms with Gasteiger partial charge in [0, 0.05) is 12.6 Å². The molecule has 0 aromatic heterocycles. The molecule has 0 saturated heterocycles. The minimum atomic E-state index is -0.00917. The second kappa shape index (κ2) is 4.77. The van der Waals surface area contributed by atoms with E-state index in [0.29, 0.717) is 6.61 Å². The highest BCUT2D eigenvalue weighted by Gasteiger charge is 2.30. The molecule has 1 unspecified atom stereocenters. The zero-order valence-corrected chi connectivity index (χ0v) is 8.72. The van der Waals surface area contributed by atoms with Gasteiger partial charge in [0.15, 0.2) is 0 Å². The van der Waals surface area contributed by atoms with Gasteiger partial charge in [-0.25, -0.2) is 0 Å². The topological polar surface area (TPSA) is 50.5 Å². The van der Waals surface area contributed by atoms with Crippen molar-refractivity contribution in [3.8, 4) is 0 Å². The van der Waals surface area contributed by atoms with Crippen LogP contribution in [0.4, 0.5) is 0 Å². The maximum absolute atomic E-state index is 5.43. The lowest BCUT2D eigenvalue weighted by atomic mass is 9.94. The highest BCUT2D eigenvalue weighted by atomic mass is 16.5. The van der Waals surface area contributed by atoms with Crippen molar-refractivity contribution in [3.63, 3.8) is 0 Å². The van der Waals surface area contributed by atoms with Gasteiger partial charge in [0.25, 0.3) is 0 Å². The number of methoxy groups -OCH3 is 1. The van der Waals surface area contributed by atoms with Crippen LogP contribution in [-0.2, 0) is 4.74 Å². The molecule has 0 aliphatic heterocycles. The van der Waals surface area contributed by atoms with Crippen LogP contribution in [0.3, 0.4) is 0 Å². The Labute approximate surface area is 75.0 Å². The molecule has 74 valence electrons. The van der Waals surface area contributed by atoms with Crippen molar-refractivity contribution in [1.29, 1.82) is 0 Å². The molecule has 3 N–H and O–H groups in total. The summed E-state index contributed by atoms with van der Waals surface area (Å²) in [4.78, 5) is 2.12. The summed E-state index contributed by atoms with van der Waals surface area (Å²) in [6.45, 7) is 4.86. The largest absolute Gasteiger partial charge is 0.383 e. The monoisotopic (exact) mass is 175 g/mol. The first-order chi connectivity index (χ1) is 5.46. The van der Waals surface area contributed by atoms with Gasteiger partial charge in [-0.3, -0.25) is 11.3 Å². The molecule has 12 heavy (non-hydrogen) atoms. The summed E-state index contributed by atoms with van der Waals surface area (Å²) in [5, 5.41) is 0. The van der Waals surface area contributed by atoms with E-state index in [9.17, 15) is 0 Å². The third-order valence-electron chi connectivity index (χ3n) is 2.54. The first kappa shape index (κ1) is 11.8. The minimum absolute atomic E-state index is 0.00917. The predicted molar refractivity (Wildman–Crippen MR) is 50.8 cm³/mol. The Morgan fingerprint density at radius 2 is 2.00 bits per heavy atom. The predicted octanol–water partition coefficient (Wildman–Crippen LogP) is -0.195. The number of likely N-dealkylation sites (N-methyl/N-ethyl adjacent to an activating group) is 1.